The van der Waals surface area contributed by atoms with Crippen LogP contribution in [0.4, 0.5) is 0 Å². The minimum absolute atomic E-state index is 0.0805. The molecule has 0 saturated heterocycles. The second kappa shape index (κ2) is 5.46. The van der Waals surface area contributed by atoms with Crippen molar-refractivity contribution in [2.45, 2.75) is 27.3 Å². The van der Waals surface area contributed by atoms with Crippen LogP contribution in [0.1, 0.15) is 22.4 Å². The number of nitrogens with one attached hydrogen (secondary N) is 1. The molecule has 0 spiro atoms. The molecule has 106 valence electrons. The molecule has 1 heterocycles. The second-order valence-corrected chi connectivity index (χ2v) is 5.00. The molecule has 0 aliphatic carbocycles. The van der Waals surface area contributed by atoms with Crippen LogP contribution in [0.15, 0.2) is 23.0 Å². The number of aromatic hydroxyl groups is 1. The van der Waals surface area contributed by atoms with Crippen LogP contribution in [0.5, 0.6) is 5.75 Å². The van der Waals surface area contributed by atoms with E-state index >= 15 is 0 Å². The summed E-state index contributed by atoms with van der Waals surface area (Å²) in [5.41, 5.74) is 4.00. The second-order valence-electron chi connectivity index (χ2n) is 5.00. The fourth-order valence-corrected chi connectivity index (χ4v) is 2.44. The van der Waals surface area contributed by atoms with Gasteiger partial charge in [0.05, 0.1) is 5.69 Å². The van der Waals surface area contributed by atoms with Gasteiger partial charge in [0.25, 0.3) is 5.56 Å². The average molecular weight is 273 g/mol. The standard InChI is InChI=1S/C15H19N3O2/c1-9-5-10(2)15(11(3)6-9)18-14(20)7-13(19)12(17-18)8-16-4/h5-7,16,19H,8H2,1-4H3. The fraction of sp³-hybridized carbons (Fsp3) is 0.333. The van der Waals surface area contributed by atoms with E-state index in [0.29, 0.717) is 12.2 Å². The Morgan fingerprint density at radius 3 is 2.35 bits per heavy atom. The molecule has 0 radical (unpaired) electrons. The zero-order valence-corrected chi connectivity index (χ0v) is 12.2. The first-order valence-corrected chi connectivity index (χ1v) is 6.49. The lowest BCUT2D eigenvalue weighted by Crippen LogP contribution is -2.24. The Morgan fingerprint density at radius 1 is 1.20 bits per heavy atom. The smallest absolute Gasteiger partial charge is 0.275 e. The highest BCUT2D eigenvalue weighted by Crippen LogP contribution is 2.20. The van der Waals surface area contributed by atoms with Gasteiger partial charge in [-0.05, 0) is 38.9 Å². The Hall–Kier alpha value is -2.14. The Bertz CT molecular complexity index is 682. The summed E-state index contributed by atoms with van der Waals surface area (Å²) in [5.74, 6) is -0.0805. The van der Waals surface area contributed by atoms with Crippen LogP contribution >= 0.6 is 0 Å². The molecule has 1 aromatic carbocycles. The predicted octanol–water partition coefficient (Wildman–Crippen LogP) is 1.58. The third-order valence-electron chi connectivity index (χ3n) is 3.18. The highest BCUT2D eigenvalue weighted by atomic mass is 16.3. The normalized spacial score (nSPS) is 10.8. The summed E-state index contributed by atoms with van der Waals surface area (Å²) in [6.45, 7) is 6.32. The van der Waals surface area contributed by atoms with Gasteiger partial charge in [-0.15, -0.1) is 0 Å². The van der Waals surface area contributed by atoms with Gasteiger partial charge < -0.3 is 10.4 Å². The van der Waals surface area contributed by atoms with Crippen LogP contribution in [0.25, 0.3) is 5.69 Å². The van der Waals surface area contributed by atoms with E-state index in [2.05, 4.69) is 10.4 Å². The molecule has 2 N–H and O–H groups in total. The topological polar surface area (TPSA) is 67.2 Å². The average Bonchev–Trinajstić information content (AvgIpc) is 2.33. The lowest BCUT2D eigenvalue weighted by Gasteiger charge is -2.14. The van der Waals surface area contributed by atoms with E-state index in [1.54, 1.807) is 7.05 Å². The lowest BCUT2D eigenvalue weighted by molar-refractivity contribution is 0.453. The van der Waals surface area contributed by atoms with Crippen molar-refractivity contribution in [3.8, 4) is 11.4 Å². The van der Waals surface area contributed by atoms with Crippen molar-refractivity contribution in [1.29, 1.82) is 0 Å². The van der Waals surface area contributed by atoms with Crippen molar-refractivity contribution < 1.29 is 5.11 Å². The summed E-state index contributed by atoms with van der Waals surface area (Å²) in [5, 5.41) is 17.0. The van der Waals surface area contributed by atoms with Gasteiger partial charge >= 0.3 is 0 Å². The van der Waals surface area contributed by atoms with Gasteiger partial charge in [0, 0.05) is 12.6 Å². The number of rotatable bonds is 3. The van der Waals surface area contributed by atoms with Crippen LogP contribution in [-0.4, -0.2) is 21.9 Å². The molecule has 0 atom stereocenters. The molecule has 1 aromatic heterocycles. The molecule has 2 aromatic rings. The maximum atomic E-state index is 12.1. The molecule has 2 rings (SSSR count). The Labute approximate surface area is 117 Å². The molecule has 5 heteroatoms. The molecule has 0 bridgehead atoms. The van der Waals surface area contributed by atoms with Crippen LogP contribution in [0.2, 0.25) is 0 Å². The van der Waals surface area contributed by atoms with Crippen LogP contribution < -0.4 is 10.9 Å². The molecular weight excluding hydrogens is 254 g/mol. The number of hydrogen-bond acceptors (Lipinski definition) is 4. The van der Waals surface area contributed by atoms with E-state index in [9.17, 15) is 9.90 Å². The van der Waals surface area contributed by atoms with E-state index < -0.39 is 0 Å². The number of hydrogen-bond donors (Lipinski definition) is 2. The summed E-state index contributed by atoms with van der Waals surface area (Å²) < 4.78 is 1.36. The van der Waals surface area contributed by atoms with Crippen LogP contribution in [0.3, 0.4) is 0 Å². The fourth-order valence-electron chi connectivity index (χ4n) is 2.44. The maximum absolute atomic E-state index is 12.1. The zero-order chi connectivity index (χ0) is 14.9. The molecule has 20 heavy (non-hydrogen) atoms. The van der Waals surface area contributed by atoms with Crippen molar-refractivity contribution >= 4 is 0 Å². The highest BCUT2D eigenvalue weighted by molar-refractivity contribution is 5.49. The predicted molar refractivity (Wildman–Crippen MR) is 78.5 cm³/mol. The van der Waals surface area contributed by atoms with Gasteiger partial charge in [-0.3, -0.25) is 4.79 Å². The molecule has 0 fully saturated rings. The minimum atomic E-state index is -0.336. The van der Waals surface area contributed by atoms with Crippen LogP contribution in [0, 0.1) is 20.8 Å². The van der Waals surface area contributed by atoms with Crippen molar-refractivity contribution in [2.75, 3.05) is 7.05 Å². The van der Waals surface area contributed by atoms with Crippen molar-refractivity contribution in [1.82, 2.24) is 15.1 Å². The van der Waals surface area contributed by atoms with E-state index in [4.69, 9.17) is 0 Å². The first kappa shape index (κ1) is 14.3. The van der Waals surface area contributed by atoms with E-state index in [1.807, 2.05) is 32.9 Å². The molecular formula is C15H19N3O2. The SMILES string of the molecule is CNCc1nn(-c2c(C)cc(C)cc2C)c(=O)cc1O. The van der Waals surface area contributed by atoms with E-state index in [1.165, 1.54) is 10.7 Å². The minimum Gasteiger partial charge on any atom is -0.506 e. The lowest BCUT2D eigenvalue weighted by atomic mass is 10.1. The van der Waals surface area contributed by atoms with E-state index in [-0.39, 0.29) is 11.3 Å². The van der Waals surface area contributed by atoms with Gasteiger partial charge in [0.15, 0.2) is 0 Å². The maximum Gasteiger partial charge on any atom is 0.275 e. The Balaban J connectivity index is 2.70. The van der Waals surface area contributed by atoms with Crippen molar-refractivity contribution in [3.05, 3.63) is 50.9 Å². The first-order valence-electron chi connectivity index (χ1n) is 6.49. The van der Waals surface area contributed by atoms with Gasteiger partial charge in [-0.2, -0.15) is 9.78 Å². The van der Waals surface area contributed by atoms with Gasteiger partial charge in [-0.1, -0.05) is 17.7 Å². The Kier molecular flexibility index (Phi) is 3.90. The number of benzene rings is 1. The molecule has 0 aliphatic rings. The number of aromatic nitrogens is 2. The van der Waals surface area contributed by atoms with E-state index in [0.717, 1.165) is 22.4 Å². The number of nitrogens with zero attached hydrogens (tertiary/aromatic N) is 2. The number of aryl methyl sites for hydroxylation is 3. The quantitative estimate of drug-likeness (QED) is 0.891. The molecule has 0 unspecified atom stereocenters. The highest BCUT2D eigenvalue weighted by Gasteiger charge is 2.12. The molecule has 0 saturated carbocycles. The summed E-state index contributed by atoms with van der Waals surface area (Å²) >= 11 is 0. The summed E-state index contributed by atoms with van der Waals surface area (Å²) in [6.07, 6.45) is 0. The largest absolute Gasteiger partial charge is 0.506 e. The summed E-state index contributed by atoms with van der Waals surface area (Å²) in [7, 11) is 1.76. The van der Waals surface area contributed by atoms with Gasteiger partial charge in [0.2, 0.25) is 0 Å². The third kappa shape index (κ3) is 2.58. The summed E-state index contributed by atoms with van der Waals surface area (Å²) in [6, 6.07) is 5.24. The van der Waals surface area contributed by atoms with Gasteiger partial charge in [0.1, 0.15) is 11.4 Å². The molecule has 0 amide bonds. The van der Waals surface area contributed by atoms with Gasteiger partial charge in [-0.25, -0.2) is 0 Å². The summed E-state index contributed by atoms with van der Waals surface area (Å²) in [4.78, 5) is 12.1. The van der Waals surface area contributed by atoms with Crippen molar-refractivity contribution in [2.24, 2.45) is 0 Å². The van der Waals surface area contributed by atoms with Crippen LogP contribution in [-0.2, 0) is 6.54 Å². The molecule has 0 aliphatic heterocycles. The third-order valence-corrected chi connectivity index (χ3v) is 3.18. The monoisotopic (exact) mass is 273 g/mol. The first-order chi connectivity index (χ1) is 9.43. The van der Waals surface area contributed by atoms with Crippen molar-refractivity contribution in [3.63, 3.8) is 0 Å². The Morgan fingerprint density at radius 2 is 1.80 bits per heavy atom. The zero-order valence-electron chi connectivity index (χ0n) is 12.2. The molecule has 5 nitrogen and oxygen atoms in total.